The van der Waals surface area contributed by atoms with Gasteiger partial charge in [-0.15, -0.1) is 10.1 Å². The minimum atomic E-state index is -1.12. The third-order valence-electron chi connectivity index (χ3n) is 6.77. The molecule has 240 valence electrons. The van der Waals surface area contributed by atoms with Gasteiger partial charge in [0.1, 0.15) is 0 Å². The van der Waals surface area contributed by atoms with Crippen LogP contribution in [0.2, 0.25) is 0 Å². The van der Waals surface area contributed by atoms with Gasteiger partial charge in [0.15, 0.2) is 0 Å². The van der Waals surface area contributed by atoms with Crippen molar-refractivity contribution in [2.75, 3.05) is 26.4 Å². The van der Waals surface area contributed by atoms with Crippen molar-refractivity contribution >= 4 is 47.5 Å². The first-order valence-electron chi connectivity index (χ1n) is 14.2. The first-order valence-corrected chi connectivity index (χ1v) is 14.2. The molecule has 0 bridgehead atoms. The third-order valence-corrected chi connectivity index (χ3v) is 6.77. The van der Waals surface area contributed by atoms with Crippen LogP contribution in [0.4, 0.5) is 0 Å². The number of carbonyl (C=O) groups is 8. The van der Waals surface area contributed by atoms with Gasteiger partial charge in [-0.2, -0.15) is 0 Å². The van der Waals surface area contributed by atoms with Gasteiger partial charge in [0.2, 0.25) is 0 Å². The molecule has 0 N–H and O–H groups in total. The molecule has 0 aromatic carbocycles. The van der Waals surface area contributed by atoms with Gasteiger partial charge in [-0.25, -0.2) is 9.59 Å². The molecule has 2 aliphatic heterocycles. The lowest BCUT2D eigenvalue weighted by atomic mass is 9.88. The predicted octanol–water partition coefficient (Wildman–Crippen LogP) is 1.70. The molecule has 15 heteroatoms. The van der Waals surface area contributed by atoms with E-state index in [4.69, 9.17) is 23.9 Å². The first kappa shape index (κ1) is 35.3. The van der Waals surface area contributed by atoms with Crippen LogP contribution in [0.5, 0.6) is 0 Å². The number of ether oxygens (including phenoxy) is 3. The van der Waals surface area contributed by atoms with Crippen LogP contribution < -0.4 is 0 Å². The second kappa shape index (κ2) is 16.1. The zero-order valence-electron chi connectivity index (χ0n) is 25.1. The standard InChI is InChI=1S/C28H40N2O13/c1-27(2,25(37)42-29-19(31)7-8-20(29)32)13-11-23(35)40-17-5-15-39-16-6-18-41-24(36)12-14-28(3,4)26(38)43-30-21(33)9-10-22(30)34/h5-18H2,1-4H3. The number of hydroxylamine groups is 4. The van der Waals surface area contributed by atoms with Gasteiger partial charge in [-0.3, -0.25) is 28.8 Å². The third kappa shape index (κ3) is 11.4. The van der Waals surface area contributed by atoms with E-state index in [1.807, 2.05) is 0 Å². The van der Waals surface area contributed by atoms with Crippen LogP contribution in [0.3, 0.4) is 0 Å². The van der Waals surface area contributed by atoms with Crippen molar-refractivity contribution in [3.05, 3.63) is 0 Å². The Balaban J connectivity index is 1.48. The Morgan fingerprint density at radius 2 is 0.907 bits per heavy atom. The van der Waals surface area contributed by atoms with Gasteiger partial charge < -0.3 is 23.9 Å². The fraction of sp³-hybridized carbons (Fsp3) is 0.714. The normalized spacial score (nSPS) is 15.6. The van der Waals surface area contributed by atoms with Gasteiger partial charge in [0.25, 0.3) is 23.6 Å². The number of carbonyl (C=O) groups excluding carboxylic acids is 8. The predicted molar refractivity (Wildman–Crippen MR) is 142 cm³/mol. The van der Waals surface area contributed by atoms with E-state index in [2.05, 4.69) is 0 Å². The highest BCUT2D eigenvalue weighted by molar-refractivity contribution is 6.02. The molecule has 2 heterocycles. The van der Waals surface area contributed by atoms with Crippen LogP contribution in [-0.4, -0.2) is 84.1 Å². The topological polar surface area (TPSA) is 189 Å². The Labute approximate surface area is 249 Å². The van der Waals surface area contributed by atoms with Gasteiger partial charge in [-0.1, -0.05) is 0 Å². The largest absolute Gasteiger partial charge is 0.466 e. The molecule has 0 unspecified atom stereocenters. The fourth-order valence-corrected chi connectivity index (χ4v) is 3.70. The molecule has 43 heavy (non-hydrogen) atoms. The monoisotopic (exact) mass is 612 g/mol. The van der Waals surface area contributed by atoms with Crippen molar-refractivity contribution < 1.29 is 62.2 Å². The Morgan fingerprint density at radius 1 is 0.581 bits per heavy atom. The Hall–Kier alpha value is -3.88. The van der Waals surface area contributed by atoms with Crippen molar-refractivity contribution in [3.8, 4) is 0 Å². The maximum Gasteiger partial charge on any atom is 0.338 e. The highest BCUT2D eigenvalue weighted by Crippen LogP contribution is 2.27. The molecule has 0 saturated carbocycles. The van der Waals surface area contributed by atoms with Crippen LogP contribution in [0.1, 0.15) is 91.9 Å². The van der Waals surface area contributed by atoms with Crippen LogP contribution in [0.25, 0.3) is 0 Å². The summed E-state index contributed by atoms with van der Waals surface area (Å²) >= 11 is 0. The lowest BCUT2D eigenvalue weighted by Gasteiger charge is -2.24. The van der Waals surface area contributed by atoms with E-state index in [1.165, 1.54) is 0 Å². The number of amides is 4. The number of imide groups is 2. The fourth-order valence-electron chi connectivity index (χ4n) is 3.70. The van der Waals surface area contributed by atoms with E-state index in [9.17, 15) is 38.4 Å². The molecule has 4 amide bonds. The number of esters is 2. The molecule has 0 atom stereocenters. The minimum absolute atomic E-state index is 0.00725. The summed E-state index contributed by atoms with van der Waals surface area (Å²) in [6.07, 6.45) is 0.889. The van der Waals surface area contributed by atoms with Gasteiger partial charge >= 0.3 is 23.9 Å². The van der Waals surface area contributed by atoms with E-state index in [1.54, 1.807) is 27.7 Å². The quantitative estimate of drug-likeness (QED) is 0.124. The SMILES string of the molecule is CC(C)(CCC(=O)OCCCOCCCOC(=O)CCC(C)(C)C(=O)ON1C(=O)CCC1=O)C(=O)ON1C(=O)CCC1=O. The summed E-state index contributed by atoms with van der Waals surface area (Å²) in [4.78, 5) is 105. The summed E-state index contributed by atoms with van der Waals surface area (Å²) in [7, 11) is 0. The molecular formula is C28H40N2O13. The number of hydrogen-bond donors (Lipinski definition) is 0. The van der Waals surface area contributed by atoms with Crippen molar-refractivity contribution in [2.24, 2.45) is 10.8 Å². The Bertz CT molecular complexity index is 982. The molecule has 0 aromatic heterocycles. The van der Waals surface area contributed by atoms with Crippen LogP contribution in [0, 0.1) is 10.8 Å². The number of nitrogens with zero attached hydrogens (tertiary/aromatic N) is 2. The number of rotatable bonds is 18. The summed E-state index contributed by atoms with van der Waals surface area (Å²) < 4.78 is 15.7. The molecule has 0 radical (unpaired) electrons. The first-order chi connectivity index (χ1) is 20.1. The van der Waals surface area contributed by atoms with Crippen molar-refractivity contribution in [2.45, 2.75) is 91.9 Å². The molecule has 2 saturated heterocycles. The molecule has 0 spiro atoms. The smallest absolute Gasteiger partial charge is 0.338 e. The number of hydrogen-bond acceptors (Lipinski definition) is 13. The van der Waals surface area contributed by atoms with Crippen LogP contribution >= 0.6 is 0 Å². The lowest BCUT2D eigenvalue weighted by Crippen LogP contribution is -2.38. The maximum absolute atomic E-state index is 12.3. The Kier molecular flexibility index (Phi) is 13.2. The average Bonchev–Trinajstić information content (AvgIpc) is 3.44. The summed E-state index contributed by atoms with van der Waals surface area (Å²) in [5, 5.41) is 0.947. The van der Waals surface area contributed by atoms with Crippen LogP contribution in [0.15, 0.2) is 0 Å². The second-order valence-electron chi connectivity index (χ2n) is 11.4. The molecule has 0 aromatic rings. The highest BCUT2D eigenvalue weighted by atomic mass is 16.7. The van der Waals surface area contributed by atoms with Crippen molar-refractivity contribution in [1.29, 1.82) is 0 Å². The van der Waals surface area contributed by atoms with Crippen LogP contribution in [-0.2, 0) is 62.2 Å². The molecule has 15 nitrogen and oxygen atoms in total. The summed E-state index contributed by atoms with van der Waals surface area (Å²) in [6.45, 7) is 6.98. The van der Waals surface area contributed by atoms with E-state index < -0.39 is 58.3 Å². The van der Waals surface area contributed by atoms with Crippen molar-refractivity contribution in [1.82, 2.24) is 10.1 Å². The second-order valence-corrected chi connectivity index (χ2v) is 11.4. The van der Waals surface area contributed by atoms with E-state index in [-0.39, 0.29) is 64.6 Å². The zero-order valence-corrected chi connectivity index (χ0v) is 25.1. The molecule has 0 aliphatic carbocycles. The van der Waals surface area contributed by atoms with E-state index in [0.717, 1.165) is 0 Å². The summed E-state index contributed by atoms with van der Waals surface area (Å²) in [6, 6.07) is 0. The van der Waals surface area contributed by atoms with Gasteiger partial charge in [-0.05, 0) is 40.5 Å². The molecule has 2 aliphatic rings. The summed E-state index contributed by atoms with van der Waals surface area (Å²) in [5.41, 5.74) is -2.24. The van der Waals surface area contributed by atoms with Gasteiger partial charge in [0.05, 0.1) is 24.0 Å². The van der Waals surface area contributed by atoms with Gasteiger partial charge in [0, 0.05) is 64.6 Å². The summed E-state index contributed by atoms with van der Waals surface area (Å²) in [5.74, 6) is -4.92. The van der Waals surface area contributed by atoms with E-state index in [0.29, 0.717) is 36.2 Å². The molecule has 2 fully saturated rings. The maximum atomic E-state index is 12.3. The van der Waals surface area contributed by atoms with E-state index >= 15 is 0 Å². The minimum Gasteiger partial charge on any atom is -0.466 e. The van der Waals surface area contributed by atoms with Crippen molar-refractivity contribution in [3.63, 3.8) is 0 Å². The molecule has 2 rings (SSSR count). The lowest BCUT2D eigenvalue weighted by molar-refractivity contribution is -0.204. The zero-order chi connectivity index (χ0) is 32.2. The average molecular weight is 613 g/mol. The Morgan fingerprint density at radius 3 is 1.23 bits per heavy atom. The molecular weight excluding hydrogens is 572 g/mol. The highest BCUT2D eigenvalue weighted by Gasteiger charge is 2.39.